The minimum Gasteiger partial charge on any atom is -0.384 e. The van der Waals surface area contributed by atoms with Gasteiger partial charge in [-0.3, -0.25) is 24.8 Å². The Morgan fingerprint density at radius 3 is 2.56 bits per heavy atom. The van der Waals surface area contributed by atoms with E-state index in [0.717, 1.165) is 39.6 Å². The number of hydrogen-bond donors (Lipinski definition) is 4. The number of rotatable bonds is 9. The second-order valence-electron chi connectivity index (χ2n) is 11.1. The van der Waals surface area contributed by atoms with Crippen molar-refractivity contribution in [3.8, 4) is 33.9 Å². The van der Waals surface area contributed by atoms with Crippen molar-refractivity contribution in [2.24, 2.45) is 5.92 Å². The Morgan fingerprint density at radius 1 is 0.930 bits per heavy atom. The Balaban J connectivity index is 1.36. The first-order valence-electron chi connectivity index (χ1n) is 14.0. The number of halogens is 1. The maximum atomic E-state index is 14.7. The van der Waals surface area contributed by atoms with Crippen molar-refractivity contribution < 1.29 is 9.18 Å². The van der Waals surface area contributed by atoms with Gasteiger partial charge in [-0.15, -0.1) is 0 Å². The Morgan fingerprint density at radius 2 is 1.74 bits per heavy atom. The first kappa shape index (κ1) is 28.0. The number of hydrogen-bond acceptors (Lipinski definition) is 7. The zero-order chi connectivity index (χ0) is 30.1. The van der Waals surface area contributed by atoms with E-state index in [1.165, 1.54) is 12.1 Å². The summed E-state index contributed by atoms with van der Waals surface area (Å²) in [6, 6.07) is 12.6. The van der Waals surface area contributed by atoms with Crippen LogP contribution in [0.5, 0.6) is 0 Å². The van der Waals surface area contributed by atoms with Gasteiger partial charge >= 0.3 is 0 Å². The van der Waals surface area contributed by atoms with Crippen molar-refractivity contribution in [2.75, 3.05) is 37.8 Å². The maximum Gasteiger partial charge on any atom is 0.226 e. The molecular formula is C32H32FN9O. The summed E-state index contributed by atoms with van der Waals surface area (Å²) in [5.74, 6) is -0.561. The number of carbonyl (C=O) groups is 1. The van der Waals surface area contributed by atoms with Crippen molar-refractivity contribution in [2.45, 2.75) is 13.8 Å². The lowest BCUT2D eigenvalue weighted by molar-refractivity contribution is -0.118. The lowest BCUT2D eigenvalue weighted by Crippen LogP contribution is -2.20. The molecular weight excluding hydrogens is 545 g/mol. The lowest BCUT2D eigenvalue weighted by Gasteiger charge is -2.12. The minimum absolute atomic E-state index is 0.0813. The molecule has 0 fully saturated rings. The third-order valence-electron chi connectivity index (χ3n) is 7.14. The van der Waals surface area contributed by atoms with Crippen LogP contribution in [-0.4, -0.2) is 68.1 Å². The van der Waals surface area contributed by atoms with E-state index in [1.54, 1.807) is 24.8 Å². The second-order valence-corrected chi connectivity index (χ2v) is 11.1. The summed E-state index contributed by atoms with van der Waals surface area (Å²) in [6.45, 7) is 5.20. The molecule has 0 aliphatic carbocycles. The first-order chi connectivity index (χ1) is 20.7. The standard InChI is InChI=1S/C32H32FN9O/c1-18(2)32(43)38-23-11-20(15-34-16-23)27-13-25-29(17-37-27)40-41-31(25)28-14-24-26(39-28)5-6-36-30(24)19-9-21(33)12-22(10-19)35-7-8-42(3)4/h5-6,9-18,35,39H,7-8H2,1-4H3,(H,38,43)(H,40,41). The molecule has 0 atom stereocenters. The number of fused-ring (bicyclic) bond motifs is 2. The van der Waals surface area contributed by atoms with Crippen LogP contribution in [-0.2, 0) is 4.79 Å². The van der Waals surface area contributed by atoms with Gasteiger partial charge in [0.15, 0.2) is 0 Å². The van der Waals surface area contributed by atoms with Gasteiger partial charge in [0.05, 0.1) is 40.7 Å². The molecule has 6 aromatic rings. The monoisotopic (exact) mass is 577 g/mol. The van der Waals surface area contributed by atoms with Gasteiger partial charge in [-0.1, -0.05) is 13.8 Å². The van der Waals surface area contributed by atoms with Crippen LogP contribution in [0.4, 0.5) is 15.8 Å². The van der Waals surface area contributed by atoms with E-state index in [0.29, 0.717) is 40.6 Å². The van der Waals surface area contributed by atoms with E-state index in [-0.39, 0.29) is 17.6 Å². The molecule has 0 spiro atoms. The minimum atomic E-state index is -0.333. The molecule has 0 saturated heterocycles. The molecule has 6 rings (SSSR count). The van der Waals surface area contributed by atoms with E-state index in [9.17, 15) is 9.18 Å². The van der Waals surface area contributed by atoms with Crippen LogP contribution < -0.4 is 10.6 Å². The molecule has 10 nitrogen and oxygen atoms in total. The third-order valence-corrected chi connectivity index (χ3v) is 7.14. The van der Waals surface area contributed by atoms with Crippen LogP contribution in [0, 0.1) is 11.7 Å². The van der Waals surface area contributed by atoms with Gasteiger partial charge in [-0.05, 0) is 56.6 Å². The fourth-order valence-electron chi connectivity index (χ4n) is 4.88. The number of carbonyl (C=O) groups excluding carboxylic acids is 1. The predicted octanol–water partition coefficient (Wildman–Crippen LogP) is 5.94. The highest BCUT2D eigenvalue weighted by molar-refractivity contribution is 6.00. The summed E-state index contributed by atoms with van der Waals surface area (Å²) in [5, 5.41) is 15.6. The van der Waals surface area contributed by atoms with Gasteiger partial charge in [-0.2, -0.15) is 5.10 Å². The predicted molar refractivity (Wildman–Crippen MR) is 168 cm³/mol. The van der Waals surface area contributed by atoms with Gasteiger partial charge in [0, 0.05) is 64.5 Å². The molecule has 0 radical (unpaired) electrons. The summed E-state index contributed by atoms with van der Waals surface area (Å²) in [6.07, 6.45) is 6.77. The van der Waals surface area contributed by atoms with Gasteiger partial charge in [0.25, 0.3) is 0 Å². The number of nitrogens with zero attached hydrogens (tertiary/aromatic N) is 5. The van der Waals surface area contributed by atoms with Crippen LogP contribution in [0.25, 0.3) is 55.7 Å². The fourth-order valence-corrected chi connectivity index (χ4v) is 4.88. The van der Waals surface area contributed by atoms with Gasteiger partial charge < -0.3 is 20.5 Å². The van der Waals surface area contributed by atoms with E-state index in [1.807, 2.05) is 58.3 Å². The molecule has 0 unspecified atom stereocenters. The molecule has 43 heavy (non-hydrogen) atoms. The number of aromatic amines is 2. The highest BCUT2D eigenvalue weighted by Gasteiger charge is 2.17. The van der Waals surface area contributed by atoms with Crippen molar-refractivity contribution in [3.05, 3.63) is 73.1 Å². The van der Waals surface area contributed by atoms with Crippen LogP contribution in [0.15, 0.2) is 67.3 Å². The van der Waals surface area contributed by atoms with Gasteiger partial charge in [0.1, 0.15) is 11.5 Å². The molecule has 0 aliphatic rings. The maximum absolute atomic E-state index is 14.7. The number of pyridine rings is 3. The van der Waals surface area contributed by atoms with E-state index in [4.69, 9.17) is 0 Å². The summed E-state index contributed by atoms with van der Waals surface area (Å²) in [7, 11) is 3.99. The average molecular weight is 578 g/mol. The fraction of sp³-hybridized carbons (Fsp3) is 0.219. The molecule has 5 heterocycles. The van der Waals surface area contributed by atoms with Crippen LogP contribution >= 0.6 is 0 Å². The summed E-state index contributed by atoms with van der Waals surface area (Å²) >= 11 is 0. The Bertz CT molecular complexity index is 1940. The van der Waals surface area contributed by atoms with E-state index >= 15 is 0 Å². The molecule has 4 N–H and O–H groups in total. The number of amides is 1. The van der Waals surface area contributed by atoms with Crippen LogP contribution in [0.2, 0.25) is 0 Å². The summed E-state index contributed by atoms with van der Waals surface area (Å²) in [5.41, 5.74) is 7.23. The number of anilines is 2. The van der Waals surface area contributed by atoms with Gasteiger partial charge in [0.2, 0.25) is 5.91 Å². The molecule has 0 aliphatic heterocycles. The normalized spacial score (nSPS) is 11.6. The van der Waals surface area contributed by atoms with Crippen molar-refractivity contribution in [3.63, 3.8) is 0 Å². The molecule has 1 aromatic carbocycles. The molecule has 1 amide bonds. The largest absolute Gasteiger partial charge is 0.384 e. The topological polar surface area (TPSA) is 128 Å². The number of aromatic nitrogens is 6. The van der Waals surface area contributed by atoms with Crippen molar-refractivity contribution in [1.82, 2.24) is 35.0 Å². The van der Waals surface area contributed by atoms with Gasteiger partial charge in [-0.25, -0.2) is 4.39 Å². The van der Waals surface area contributed by atoms with E-state index < -0.39 is 0 Å². The smallest absolute Gasteiger partial charge is 0.226 e. The summed E-state index contributed by atoms with van der Waals surface area (Å²) in [4.78, 5) is 31.2. The third kappa shape index (κ3) is 5.93. The van der Waals surface area contributed by atoms with E-state index in [2.05, 4.69) is 45.7 Å². The van der Waals surface area contributed by atoms with Crippen LogP contribution in [0.1, 0.15) is 13.8 Å². The Labute approximate surface area is 247 Å². The summed E-state index contributed by atoms with van der Waals surface area (Å²) < 4.78 is 14.7. The molecule has 218 valence electrons. The molecule has 11 heteroatoms. The highest BCUT2D eigenvalue weighted by atomic mass is 19.1. The average Bonchev–Trinajstić information content (AvgIpc) is 3.60. The number of nitrogens with one attached hydrogen (secondary N) is 4. The highest BCUT2D eigenvalue weighted by Crippen LogP contribution is 2.35. The molecule has 0 bridgehead atoms. The SMILES string of the molecule is CC(C)C(=O)Nc1cncc(-c2cc3c(-c4cc5c(-c6cc(F)cc(NCCN(C)C)c6)nccc5[nH]4)n[nH]c3cn2)c1. The second kappa shape index (κ2) is 11.6. The van der Waals surface area contributed by atoms with Crippen LogP contribution in [0.3, 0.4) is 0 Å². The zero-order valence-corrected chi connectivity index (χ0v) is 24.4. The molecule has 5 aromatic heterocycles. The Hall–Kier alpha value is -5.16. The lowest BCUT2D eigenvalue weighted by atomic mass is 10.1. The zero-order valence-electron chi connectivity index (χ0n) is 24.4. The van der Waals surface area contributed by atoms with Crippen molar-refractivity contribution >= 4 is 39.1 Å². The Kier molecular flexibility index (Phi) is 7.56. The number of benzene rings is 1. The molecule has 0 saturated carbocycles. The number of H-pyrrole nitrogens is 2. The first-order valence-corrected chi connectivity index (χ1v) is 14.0. The van der Waals surface area contributed by atoms with Crippen molar-refractivity contribution in [1.29, 1.82) is 0 Å². The number of likely N-dealkylation sites (N-methyl/N-ethyl adjacent to an activating group) is 1. The quantitative estimate of drug-likeness (QED) is 0.168.